The fraction of sp³-hybridized carbons (Fsp3) is 0. The van der Waals surface area contributed by atoms with Crippen molar-refractivity contribution in [2.45, 2.75) is 0 Å². The van der Waals surface area contributed by atoms with E-state index in [1.54, 1.807) is 0 Å². The molecule has 10 aromatic rings. The van der Waals surface area contributed by atoms with Crippen molar-refractivity contribution in [2.75, 3.05) is 9.80 Å². The summed E-state index contributed by atoms with van der Waals surface area (Å²) in [4.78, 5) is 4.74. The molecule has 2 aromatic heterocycles. The summed E-state index contributed by atoms with van der Waals surface area (Å²) in [6, 6.07) is 70.1. The van der Waals surface area contributed by atoms with Crippen LogP contribution >= 0.6 is 22.7 Å². The first-order chi connectivity index (χ1) is 25.8. The first-order valence-electron chi connectivity index (χ1n) is 17.5. The number of para-hydroxylation sites is 3. The van der Waals surface area contributed by atoms with Gasteiger partial charge < -0.3 is 9.80 Å². The van der Waals surface area contributed by atoms with Crippen LogP contribution in [0.2, 0.25) is 0 Å². The third-order valence-corrected chi connectivity index (χ3v) is 12.3. The van der Waals surface area contributed by atoms with Gasteiger partial charge in [-0.3, -0.25) is 0 Å². The van der Waals surface area contributed by atoms with Crippen molar-refractivity contribution in [3.63, 3.8) is 0 Å². The molecule has 0 unspecified atom stereocenters. The highest BCUT2D eigenvalue weighted by atomic mass is 32.1. The number of nitrogens with zero attached hydrogens (tertiary/aromatic N) is 2. The van der Waals surface area contributed by atoms with Crippen LogP contribution in [0.3, 0.4) is 0 Å². The van der Waals surface area contributed by atoms with Crippen LogP contribution in [-0.2, 0) is 0 Å². The monoisotopic (exact) mass is 700 g/mol. The molecule has 246 valence electrons. The van der Waals surface area contributed by atoms with Crippen LogP contribution in [-0.4, -0.2) is 0 Å². The zero-order valence-corrected chi connectivity index (χ0v) is 29.8. The summed E-state index contributed by atoms with van der Waals surface area (Å²) in [7, 11) is 0. The van der Waals surface area contributed by atoms with E-state index in [1.807, 2.05) is 22.7 Å². The van der Waals surface area contributed by atoms with Gasteiger partial charge in [0.05, 0.1) is 10.4 Å². The number of anilines is 6. The number of benzene rings is 8. The van der Waals surface area contributed by atoms with Gasteiger partial charge in [0.2, 0.25) is 0 Å². The van der Waals surface area contributed by atoms with Gasteiger partial charge in [-0.2, -0.15) is 0 Å². The van der Waals surface area contributed by atoms with Gasteiger partial charge in [0.1, 0.15) is 0 Å². The van der Waals surface area contributed by atoms with E-state index in [9.17, 15) is 0 Å². The van der Waals surface area contributed by atoms with Gasteiger partial charge >= 0.3 is 0 Å². The smallest absolute Gasteiger partial charge is 0.0640 e. The van der Waals surface area contributed by atoms with Gasteiger partial charge in [-0.1, -0.05) is 121 Å². The molecule has 8 aromatic carbocycles. The van der Waals surface area contributed by atoms with E-state index in [-0.39, 0.29) is 0 Å². The largest absolute Gasteiger partial charge is 0.310 e. The lowest BCUT2D eigenvalue weighted by molar-refractivity contribution is 1.29. The van der Waals surface area contributed by atoms with E-state index < -0.39 is 0 Å². The molecule has 0 fully saturated rings. The van der Waals surface area contributed by atoms with Crippen molar-refractivity contribution < 1.29 is 0 Å². The molecule has 0 amide bonds. The molecule has 0 atom stereocenters. The predicted octanol–water partition coefficient (Wildman–Crippen LogP) is 15.0. The van der Waals surface area contributed by atoms with Crippen molar-refractivity contribution in [2.24, 2.45) is 0 Å². The van der Waals surface area contributed by atoms with E-state index in [4.69, 9.17) is 0 Å². The average Bonchev–Trinajstić information content (AvgIpc) is 3.79. The van der Waals surface area contributed by atoms with Gasteiger partial charge in [0.15, 0.2) is 0 Å². The Labute approximate surface area is 310 Å². The molecule has 0 saturated heterocycles. The molecule has 0 N–H and O–H groups in total. The van der Waals surface area contributed by atoms with E-state index >= 15 is 0 Å². The Morgan fingerprint density at radius 3 is 1.52 bits per heavy atom. The van der Waals surface area contributed by atoms with Crippen molar-refractivity contribution in [1.29, 1.82) is 0 Å². The predicted molar refractivity (Wildman–Crippen MR) is 227 cm³/mol. The Hall–Kier alpha value is -6.20. The molecular weight excluding hydrogens is 669 g/mol. The average molecular weight is 701 g/mol. The second-order valence-electron chi connectivity index (χ2n) is 12.9. The maximum Gasteiger partial charge on any atom is 0.0640 e. The van der Waals surface area contributed by atoms with Crippen LogP contribution in [0.4, 0.5) is 34.1 Å². The van der Waals surface area contributed by atoms with E-state index in [1.165, 1.54) is 57.2 Å². The molecule has 0 aliphatic heterocycles. The topological polar surface area (TPSA) is 6.48 Å². The van der Waals surface area contributed by atoms with Crippen molar-refractivity contribution in [1.82, 2.24) is 0 Å². The maximum atomic E-state index is 2.38. The van der Waals surface area contributed by atoms with E-state index in [0.717, 1.165) is 28.4 Å². The highest BCUT2D eigenvalue weighted by molar-refractivity contribution is 7.27. The summed E-state index contributed by atoms with van der Waals surface area (Å²) in [5, 5.41) is 5.19. The van der Waals surface area contributed by atoms with Gasteiger partial charge in [-0.05, 0) is 83.9 Å². The number of hydrogen-bond donors (Lipinski definition) is 0. The molecular formula is C48H32N2S2. The summed E-state index contributed by atoms with van der Waals surface area (Å²) >= 11 is 3.74. The molecule has 0 spiro atoms. The van der Waals surface area contributed by atoms with E-state index in [2.05, 4.69) is 204 Å². The van der Waals surface area contributed by atoms with E-state index in [0.29, 0.717) is 0 Å². The summed E-state index contributed by atoms with van der Waals surface area (Å²) in [5.41, 5.74) is 9.34. The standard InChI is InChI=1S/C48H32N2S2/c1-4-14-34(15-5-1)49(38-30-31-41-40-20-10-11-25-45(40)51-46(41)32-38)37-28-26-33(27-29-37)39-21-12-22-42-43-23-13-24-44(48(43)52-47(39)42)50(35-16-6-2-7-17-35)36-18-8-3-9-19-36/h1-32H. The fourth-order valence-electron chi connectivity index (χ4n) is 7.46. The lowest BCUT2D eigenvalue weighted by Crippen LogP contribution is -2.09. The minimum absolute atomic E-state index is 1.13. The molecule has 0 aliphatic rings. The number of hydrogen-bond acceptors (Lipinski definition) is 4. The molecule has 2 nitrogen and oxygen atoms in total. The lowest BCUT2D eigenvalue weighted by atomic mass is 10.0. The van der Waals surface area contributed by atoms with Crippen LogP contribution < -0.4 is 9.80 Å². The molecule has 10 rings (SSSR count). The quantitative estimate of drug-likeness (QED) is 0.163. The van der Waals surface area contributed by atoms with Crippen LogP contribution in [0.5, 0.6) is 0 Å². The number of fused-ring (bicyclic) bond motifs is 6. The summed E-state index contributed by atoms with van der Waals surface area (Å²) in [6.45, 7) is 0. The third kappa shape index (κ3) is 5.24. The van der Waals surface area contributed by atoms with Crippen LogP contribution in [0.1, 0.15) is 0 Å². The summed E-state index contributed by atoms with van der Waals surface area (Å²) < 4.78 is 5.20. The Morgan fingerprint density at radius 1 is 0.308 bits per heavy atom. The minimum atomic E-state index is 1.13. The van der Waals surface area contributed by atoms with Gasteiger partial charge in [-0.25, -0.2) is 0 Å². The third-order valence-electron chi connectivity index (χ3n) is 9.84. The SMILES string of the molecule is c1ccc(N(c2ccc(-c3cccc4c3sc3c(N(c5ccccc5)c5ccccc5)cccc34)cc2)c2ccc3c(c2)sc2ccccc23)cc1. The van der Waals surface area contributed by atoms with Crippen LogP contribution in [0.25, 0.3) is 51.5 Å². The van der Waals surface area contributed by atoms with Crippen molar-refractivity contribution in [3.05, 3.63) is 194 Å². The van der Waals surface area contributed by atoms with Crippen LogP contribution in [0, 0.1) is 0 Å². The fourth-order valence-corrected chi connectivity index (χ4v) is 9.94. The Bertz CT molecular complexity index is 2800. The normalized spacial score (nSPS) is 11.5. The molecule has 0 radical (unpaired) electrons. The lowest BCUT2D eigenvalue weighted by Gasteiger charge is -2.26. The summed E-state index contributed by atoms with van der Waals surface area (Å²) in [5.74, 6) is 0. The first-order valence-corrected chi connectivity index (χ1v) is 19.1. The van der Waals surface area contributed by atoms with Crippen molar-refractivity contribution in [3.8, 4) is 11.1 Å². The second kappa shape index (κ2) is 12.8. The minimum Gasteiger partial charge on any atom is -0.310 e. The molecule has 2 heterocycles. The number of thiophene rings is 2. The van der Waals surface area contributed by atoms with Gasteiger partial charge in [0, 0.05) is 64.1 Å². The summed E-state index contributed by atoms with van der Waals surface area (Å²) in [6.07, 6.45) is 0. The first kappa shape index (κ1) is 30.6. The number of rotatable bonds is 7. The molecule has 0 aliphatic carbocycles. The molecule has 52 heavy (non-hydrogen) atoms. The zero-order valence-electron chi connectivity index (χ0n) is 28.2. The molecule has 4 heteroatoms. The highest BCUT2D eigenvalue weighted by Gasteiger charge is 2.20. The molecule has 0 saturated carbocycles. The molecule has 0 bridgehead atoms. The maximum absolute atomic E-state index is 2.38. The van der Waals surface area contributed by atoms with Gasteiger partial charge in [-0.15, -0.1) is 22.7 Å². The zero-order chi connectivity index (χ0) is 34.4. The highest BCUT2D eigenvalue weighted by Crippen LogP contribution is 2.47. The Kier molecular flexibility index (Phi) is 7.56. The van der Waals surface area contributed by atoms with Gasteiger partial charge in [0.25, 0.3) is 0 Å². The second-order valence-corrected chi connectivity index (χ2v) is 15.0. The Morgan fingerprint density at radius 2 is 0.827 bits per heavy atom. The van der Waals surface area contributed by atoms with Crippen molar-refractivity contribution >= 4 is 97.1 Å². The Balaban J connectivity index is 1.08. The van der Waals surface area contributed by atoms with Crippen LogP contribution in [0.15, 0.2) is 194 Å².